The zero-order chi connectivity index (χ0) is 15.8. The zero-order valence-corrected chi connectivity index (χ0v) is 12.9. The highest BCUT2D eigenvalue weighted by Gasteiger charge is 2.34. The minimum atomic E-state index is -0.131. The molecule has 0 aliphatic carbocycles. The molecule has 0 unspecified atom stereocenters. The van der Waals surface area contributed by atoms with Gasteiger partial charge in [0, 0.05) is 11.6 Å². The first kappa shape index (κ1) is 14.1. The van der Waals surface area contributed by atoms with Crippen LogP contribution in [0.25, 0.3) is 11.0 Å². The Morgan fingerprint density at radius 3 is 2.87 bits per heavy atom. The van der Waals surface area contributed by atoms with Crippen molar-refractivity contribution in [3.8, 4) is 5.88 Å². The minimum absolute atomic E-state index is 0.101. The van der Waals surface area contributed by atoms with Crippen molar-refractivity contribution in [2.75, 3.05) is 13.1 Å². The molecule has 0 bridgehead atoms. The Morgan fingerprint density at radius 2 is 2.09 bits per heavy atom. The molecule has 6 heteroatoms. The predicted molar refractivity (Wildman–Crippen MR) is 85.8 cm³/mol. The fourth-order valence-corrected chi connectivity index (χ4v) is 2.70. The number of halogens is 1. The van der Waals surface area contributed by atoms with Gasteiger partial charge >= 0.3 is 0 Å². The van der Waals surface area contributed by atoms with Crippen LogP contribution in [0.4, 0.5) is 0 Å². The van der Waals surface area contributed by atoms with E-state index in [1.807, 2.05) is 24.3 Å². The van der Waals surface area contributed by atoms with Gasteiger partial charge in [-0.1, -0.05) is 29.8 Å². The summed E-state index contributed by atoms with van der Waals surface area (Å²) in [5, 5.41) is 1.39. The largest absolute Gasteiger partial charge is 0.470 e. The lowest BCUT2D eigenvalue weighted by Gasteiger charge is -2.38. The topological polar surface area (TPSA) is 55.6 Å². The number of fused-ring (bicyclic) bond motifs is 1. The Balaban J connectivity index is 1.41. The molecular weight excluding hydrogens is 316 g/mol. The fraction of sp³-hybridized carbons (Fsp3) is 0.176. The molecule has 3 aromatic rings. The van der Waals surface area contributed by atoms with E-state index in [9.17, 15) is 4.79 Å². The summed E-state index contributed by atoms with van der Waals surface area (Å²) in [6.07, 6.45) is 1.52. The predicted octanol–water partition coefficient (Wildman–Crippen LogP) is 3.38. The van der Waals surface area contributed by atoms with Crippen LogP contribution in [0.2, 0.25) is 5.02 Å². The molecule has 1 amide bonds. The molecule has 5 nitrogen and oxygen atoms in total. The number of pyridine rings is 1. The number of rotatable bonds is 3. The molecule has 1 fully saturated rings. The Kier molecular flexibility index (Phi) is 3.42. The van der Waals surface area contributed by atoms with E-state index in [1.165, 1.54) is 0 Å². The third-order valence-electron chi connectivity index (χ3n) is 3.77. The third-order valence-corrected chi connectivity index (χ3v) is 4.06. The molecule has 0 N–H and O–H groups in total. The fourth-order valence-electron chi connectivity index (χ4n) is 2.54. The molecule has 23 heavy (non-hydrogen) atoms. The normalized spacial score (nSPS) is 14.7. The number of aromatic nitrogens is 1. The Hall–Kier alpha value is -2.53. The molecule has 2 aromatic heterocycles. The molecular formula is C17H13ClN2O3. The number of amides is 1. The van der Waals surface area contributed by atoms with Gasteiger partial charge in [-0.15, -0.1) is 0 Å². The molecule has 0 atom stereocenters. The van der Waals surface area contributed by atoms with Crippen LogP contribution in [0.1, 0.15) is 10.6 Å². The van der Waals surface area contributed by atoms with Gasteiger partial charge in [0.2, 0.25) is 5.88 Å². The van der Waals surface area contributed by atoms with Crippen LogP contribution in [-0.2, 0) is 0 Å². The maximum Gasteiger partial charge on any atom is 0.289 e. The van der Waals surface area contributed by atoms with Crippen molar-refractivity contribution in [3.63, 3.8) is 0 Å². The number of carbonyl (C=O) groups is 1. The lowest BCUT2D eigenvalue weighted by molar-refractivity contribution is 0.0140. The van der Waals surface area contributed by atoms with Crippen molar-refractivity contribution in [2.45, 2.75) is 6.10 Å². The molecule has 1 aliphatic rings. The van der Waals surface area contributed by atoms with Crippen LogP contribution in [0.5, 0.6) is 5.88 Å². The average molecular weight is 329 g/mol. The molecule has 4 rings (SSSR count). The van der Waals surface area contributed by atoms with Gasteiger partial charge in [0.15, 0.2) is 5.76 Å². The number of likely N-dealkylation sites (tertiary alicyclic amines) is 1. The van der Waals surface area contributed by atoms with Gasteiger partial charge in [-0.2, -0.15) is 0 Å². The molecule has 1 saturated heterocycles. The maximum absolute atomic E-state index is 12.4. The first-order chi connectivity index (χ1) is 11.2. The van der Waals surface area contributed by atoms with Gasteiger partial charge < -0.3 is 14.1 Å². The number of benzene rings is 1. The second-order valence-electron chi connectivity index (χ2n) is 5.39. The minimum Gasteiger partial charge on any atom is -0.470 e. The highest BCUT2D eigenvalue weighted by molar-refractivity contribution is 6.31. The Bertz CT molecular complexity index is 838. The second-order valence-corrected chi connectivity index (χ2v) is 5.80. The van der Waals surface area contributed by atoms with E-state index in [0.29, 0.717) is 35.3 Å². The van der Waals surface area contributed by atoms with E-state index in [1.54, 1.807) is 29.3 Å². The summed E-state index contributed by atoms with van der Waals surface area (Å²) in [7, 11) is 0. The van der Waals surface area contributed by atoms with Crippen LogP contribution in [0.3, 0.4) is 0 Å². The lowest BCUT2D eigenvalue weighted by atomic mass is 10.1. The van der Waals surface area contributed by atoms with E-state index in [4.69, 9.17) is 20.8 Å². The van der Waals surface area contributed by atoms with Crippen LogP contribution < -0.4 is 4.74 Å². The number of ether oxygens (including phenoxy) is 1. The molecule has 0 saturated carbocycles. The number of hydrogen-bond donors (Lipinski definition) is 0. The van der Waals surface area contributed by atoms with Crippen molar-refractivity contribution in [1.82, 2.24) is 9.88 Å². The van der Waals surface area contributed by atoms with Gasteiger partial charge in [0.05, 0.1) is 13.1 Å². The van der Waals surface area contributed by atoms with Crippen LogP contribution >= 0.6 is 11.6 Å². The summed E-state index contributed by atoms with van der Waals surface area (Å²) >= 11 is 6.01. The van der Waals surface area contributed by atoms with Crippen molar-refractivity contribution >= 4 is 28.5 Å². The van der Waals surface area contributed by atoms with Crippen molar-refractivity contribution in [3.05, 3.63) is 59.4 Å². The number of furan rings is 1. The SMILES string of the molecule is O=C(c1cc2ccccc2o1)N1CC(Oc2ncccc2Cl)C1. The summed E-state index contributed by atoms with van der Waals surface area (Å²) in [6.45, 7) is 0.978. The Morgan fingerprint density at radius 1 is 1.26 bits per heavy atom. The second kappa shape index (κ2) is 5.59. The van der Waals surface area contributed by atoms with Gasteiger partial charge in [-0.25, -0.2) is 4.98 Å². The van der Waals surface area contributed by atoms with Crippen molar-refractivity contribution < 1.29 is 13.9 Å². The first-order valence-corrected chi connectivity index (χ1v) is 7.63. The van der Waals surface area contributed by atoms with Gasteiger partial charge in [-0.05, 0) is 24.3 Å². The molecule has 1 aromatic carbocycles. The summed E-state index contributed by atoms with van der Waals surface area (Å²) in [4.78, 5) is 18.2. The van der Waals surface area contributed by atoms with Crippen LogP contribution in [-0.4, -0.2) is 35.0 Å². The summed E-state index contributed by atoms with van der Waals surface area (Å²) in [5.74, 6) is 0.615. The highest BCUT2D eigenvalue weighted by atomic mass is 35.5. The quantitative estimate of drug-likeness (QED) is 0.739. The smallest absolute Gasteiger partial charge is 0.289 e. The number of carbonyl (C=O) groups excluding carboxylic acids is 1. The summed E-state index contributed by atoms with van der Waals surface area (Å²) in [6, 6.07) is 12.8. The standard InChI is InChI=1S/C17H13ClN2O3/c18-13-5-3-7-19-16(13)22-12-9-20(10-12)17(21)15-8-11-4-1-2-6-14(11)23-15/h1-8,12H,9-10H2. The summed E-state index contributed by atoms with van der Waals surface area (Å²) < 4.78 is 11.3. The van der Waals surface area contributed by atoms with E-state index in [-0.39, 0.29) is 12.0 Å². The van der Waals surface area contributed by atoms with E-state index in [2.05, 4.69) is 4.98 Å². The van der Waals surface area contributed by atoms with E-state index in [0.717, 1.165) is 5.39 Å². The molecule has 0 spiro atoms. The maximum atomic E-state index is 12.4. The van der Waals surface area contributed by atoms with Gasteiger partial charge in [-0.3, -0.25) is 4.79 Å². The number of nitrogens with zero attached hydrogens (tertiary/aromatic N) is 2. The van der Waals surface area contributed by atoms with Crippen LogP contribution in [0, 0.1) is 0 Å². The molecule has 116 valence electrons. The van der Waals surface area contributed by atoms with Crippen LogP contribution in [0.15, 0.2) is 53.1 Å². The molecule has 0 radical (unpaired) electrons. The third kappa shape index (κ3) is 2.64. The van der Waals surface area contributed by atoms with Crippen molar-refractivity contribution in [2.24, 2.45) is 0 Å². The average Bonchev–Trinajstić information content (AvgIpc) is 2.95. The zero-order valence-electron chi connectivity index (χ0n) is 12.1. The monoisotopic (exact) mass is 328 g/mol. The molecule has 1 aliphatic heterocycles. The van der Waals surface area contributed by atoms with Gasteiger partial charge in [0.25, 0.3) is 5.91 Å². The van der Waals surface area contributed by atoms with Crippen molar-refractivity contribution in [1.29, 1.82) is 0 Å². The van der Waals surface area contributed by atoms with Gasteiger partial charge in [0.1, 0.15) is 16.7 Å². The lowest BCUT2D eigenvalue weighted by Crippen LogP contribution is -2.56. The van der Waals surface area contributed by atoms with E-state index < -0.39 is 0 Å². The number of hydrogen-bond acceptors (Lipinski definition) is 4. The first-order valence-electron chi connectivity index (χ1n) is 7.26. The Labute approximate surface area is 137 Å². The highest BCUT2D eigenvalue weighted by Crippen LogP contribution is 2.26. The number of para-hydroxylation sites is 1. The molecule has 3 heterocycles. The van der Waals surface area contributed by atoms with E-state index >= 15 is 0 Å². The summed E-state index contributed by atoms with van der Waals surface area (Å²) in [5.41, 5.74) is 0.712.